The molecule has 0 aliphatic carbocycles. The number of nitro benzene ring substituents is 1. The van der Waals surface area contributed by atoms with Gasteiger partial charge >= 0.3 is 11.9 Å². The SMILES string of the molecule is Cc1[nH]c2c([N+](=O)[O-])ccc(O)c2c1CC(N)C(=O)O.Cc1[nH]c2cccc(O)c2c1CC(N)C(=O)O.Cc1cc2c(O)cccc2[nH]1. The fourth-order valence-corrected chi connectivity index (χ4v) is 5.45. The molecule has 0 bridgehead atoms. The third kappa shape index (κ3) is 7.32. The second-order valence-electron chi connectivity index (χ2n) is 11.3. The predicted octanol–water partition coefficient (Wildman–Crippen LogP) is 4.36. The molecule has 0 saturated carbocycles. The van der Waals surface area contributed by atoms with Crippen molar-refractivity contribution in [2.24, 2.45) is 11.5 Å². The highest BCUT2D eigenvalue weighted by Gasteiger charge is 2.24. The highest BCUT2D eigenvalue weighted by molar-refractivity contribution is 5.97. The Balaban J connectivity index is 0.000000169. The molecular formula is C33H36N6O9. The average Bonchev–Trinajstić information content (AvgIpc) is 3.67. The lowest BCUT2D eigenvalue weighted by Gasteiger charge is -2.07. The first-order chi connectivity index (χ1) is 22.6. The molecule has 3 aromatic heterocycles. The second kappa shape index (κ2) is 14.1. The molecule has 3 aromatic carbocycles. The number of aromatic nitrogens is 3. The monoisotopic (exact) mass is 660 g/mol. The number of aryl methyl sites for hydroxylation is 3. The fraction of sp³-hybridized carbons (Fsp3) is 0.212. The maximum Gasteiger partial charge on any atom is 0.320 e. The Bertz CT molecular complexity index is 2150. The summed E-state index contributed by atoms with van der Waals surface area (Å²) >= 11 is 0. The van der Waals surface area contributed by atoms with Crippen molar-refractivity contribution in [3.05, 3.63) is 92.9 Å². The van der Waals surface area contributed by atoms with Crippen LogP contribution in [0.3, 0.4) is 0 Å². The molecule has 0 saturated heterocycles. The predicted molar refractivity (Wildman–Crippen MR) is 179 cm³/mol. The smallest absolute Gasteiger partial charge is 0.320 e. The van der Waals surface area contributed by atoms with Gasteiger partial charge in [0.15, 0.2) is 0 Å². The molecule has 12 N–H and O–H groups in total. The van der Waals surface area contributed by atoms with Gasteiger partial charge in [-0.15, -0.1) is 0 Å². The van der Waals surface area contributed by atoms with Crippen LogP contribution in [0.1, 0.15) is 28.2 Å². The maximum atomic E-state index is 11.0. The van der Waals surface area contributed by atoms with Crippen LogP contribution in [0.5, 0.6) is 17.2 Å². The number of aromatic hydroxyl groups is 3. The zero-order valence-corrected chi connectivity index (χ0v) is 26.2. The van der Waals surface area contributed by atoms with Gasteiger partial charge < -0.3 is 52.0 Å². The molecule has 0 fully saturated rings. The van der Waals surface area contributed by atoms with Crippen molar-refractivity contribution in [3.63, 3.8) is 0 Å². The highest BCUT2D eigenvalue weighted by atomic mass is 16.6. The number of aromatic amines is 3. The molecule has 6 rings (SSSR count). The number of nitrogens with two attached hydrogens (primary N) is 2. The van der Waals surface area contributed by atoms with Crippen LogP contribution in [0.15, 0.2) is 54.6 Å². The molecule has 48 heavy (non-hydrogen) atoms. The quantitative estimate of drug-likeness (QED) is 0.0848. The summed E-state index contributed by atoms with van der Waals surface area (Å²) in [5, 5.41) is 59.5. The number of hydrogen-bond donors (Lipinski definition) is 10. The van der Waals surface area contributed by atoms with Crippen LogP contribution in [0.25, 0.3) is 32.7 Å². The van der Waals surface area contributed by atoms with Crippen LogP contribution in [-0.2, 0) is 22.4 Å². The minimum absolute atomic E-state index is 0.0319. The summed E-state index contributed by atoms with van der Waals surface area (Å²) in [6, 6.07) is 12.8. The van der Waals surface area contributed by atoms with Gasteiger partial charge in [-0.2, -0.15) is 0 Å². The fourth-order valence-electron chi connectivity index (χ4n) is 5.45. The van der Waals surface area contributed by atoms with Crippen molar-refractivity contribution in [3.8, 4) is 17.2 Å². The van der Waals surface area contributed by atoms with Crippen LogP contribution >= 0.6 is 0 Å². The van der Waals surface area contributed by atoms with Gasteiger partial charge in [-0.3, -0.25) is 19.7 Å². The van der Waals surface area contributed by atoms with Gasteiger partial charge in [-0.05, 0) is 68.3 Å². The summed E-state index contributed by atoms with van der Waals surface area (Å²) in [6.07, 6.45) is 0.161. The number of non-ortho nitro benzene ring substituents is 1. The summed E-state index contributed by atoms with van der Waals surface area (Å²) in [4.78, 5) is 41.0. The van der Waals surface area contributed by atoms with E-state index in [0.717, 1.165) is 33.4 Å². The molecule has 6 aromatic rings. The van der Waals surface area contributed by atoms with Gasteiger partial charge in [-0.1, -0.05) is 12.1 Å². The number of benzene rings is 3. The number of carboxylic acid groups (broad SMARTS) is 2. The van der Waals surface area contributed by atoms with Gasteiger partial charge in [0.1, 0.15) is 34.8 Å². The second-order valence-corrected chi connectivity index (χ2v) is 11.3. The first kappa shape index (κ1) is 34.8. The summed E-state index contributed by atoms with van der Waals surface area (Å²) < 4.78 is 0. The Labute approximate surface area is 272 Å². The van der Waals surface area contributed by atoms with Crippen LogP contribution in [-0.4, -0.2) is 69.4 Å². The number of carboxylic acids is 2. The number of phenolic OH excluding ortho intramolecular Hbond substituents is 3. The van der Waals surface area contributed by atoms with E-state index in [2.05, 4.69) is 15.0 Å². The summed E-state index contributed by atoms with van der Waals surface area (Å²) in [5.41, 5.74) is 16.4. The largest absolute Gasteiger partial charge is 0.507 e. The number of aliphatic carboxylic acids is 2. The van der Waals surface area contributed by atoms with Crippen molar-refractivity contribution in [2.75, 3.05) is 0 Å². The van der Waals surface area contributed by atoms with Gasteiger partial charge in [0.05, 0.1) is 10.3 Å². The molecule has 2 unspecified atom stereocenters. The van der Waals surface area contributed by atoms with Crippen LogP contribution in [0, 0.1) is 30.9 Å². The molecule has 3 heterocycles. The number of H-pyrrole nitrogens is 3. The molecule has 0 amide bonds. The van der Waals surface area contributed by atoms with Crippen LogP contribution in [0.2, 0.25) is 0 Å². The zero-order valence-electron chi connectivity index (χ0n) is 26.2. The number of phenols is 3. The van der Waals surface area contributed by atoms with Gasteiger partial charge in [0.25, 0.3) is 5.69 Å². The molecule has 0 aliphatic rings. The van der Waals surface area contributed by atoms with E-state index in [-0.39, 0.29) is 40.9 Å². The molecule has 252 valence electrons. The van der Waals surface area contributed by atoms with E-state index in [4.69, 9.17) is 21.7 Å². The number of hydrogen-bond acceptors (Lipinski definition) is 9. The van der Waals surface area contributed by atoms with Crippen LogP contribution in [0.4, 0.5) is 5.69 Å². The Kier molecular flexibility index (Phi) is 10.3. The average molecular weight is 661 g/mol. The lowest BCUT2D eigenvalue weighted by molar-refractivity contribution is -0.383. The molecule has 2 atom stereocenters. The van der Waals surface area contributed by atoms with Crippen molar-refractivity contribution in [1.82, 2.24) is 15.0 Å². The Morgan fingerprint density at radius 1 is 0.750 bits per heavy atom. The van der Waals surface area contributed by atoms with E-state index in [1.807, 2.05) is 38.1 Å². The first-order valence-corrected chi connectivity index (χ1v) is 14.6. The minimum atomic E-state index is -1.18. The normalized spacial score (nSPS) is 12.2. The molecule has 0 spiro atoms. The van der Waals surface area contributed by atoms with Crippen molar-refractivity contribution in [2.45, 2.75) is 45.7 Å². The molecular weight excluding hydrogens is 624 g/mol. The lowest BCUT2D eigenvalue weighted by atomic mass is 10.0. The number of fused-ring (bicyclic) bond motifs is 3. The highest BCUT2D eigenvalue weighted by Crippen LogP contribution is 2.36. The number of rotatable bonds is 7. The van der Waals surface area contributed by atoms with E-state index >= 15 is 0 Å². The number of nitrogens with zero attached hydrogens (tertiary/aromatic N) is 1. The van der Waals surface area contributed by atoms with E-state index in [0.29, 0.717) is 22.4 Å². The standard InChI is InChI=1S/C12H13N3O5.C12H14N2O3.C9H9NO/c1-5-6(4-7(13)12(17)18)10-9(16)3-2-8(15(19)20)11(10)14-5;1-6-7(5-8(13)12(16)17)11-9(14-6)3-2-4-10(11)15;1-6-5-7-8(10-6)3-2-4-9(7)11/h2-3,7,14,16H,4,13H2,1H3,(H,17,18);2-4,8,14-15H,5,13H2,1H3,(H,16,17);2-5,10-11H,1H3. The van der Waals surface area contributed by atoms with Gasteiger partial charge in [-0.25, -0.2) is 0 Å². The van der Waals surface area contributed by atoms with Gasteiger partial charge in [0.2, 0.25) is 0 Å². The van der Waals surface area contributed by atoms with E-state index in [1.54, 1.807) is 25.1 Å². The van der Waals surface area contributed by atoms with E-state index < -0.39 is 28.9 Å². The van der Waals surface area contributed by atoms with Crippen LogP contribution < -0.4 is 11.5 Å². The van der Waals surface area contributed by atoms with E-state index in [9.17, 15) is 35.0 Å². The molecule has 0 radical (unpaired) electrons. The summed E-state index contributed by atoms with van der Waals surface area (Å²) in [6.45, 7) is 5.45. The Hall–Kier alpha value is -6.06. The van der Waals surface area contributed by atoms with Gasteiger partial charge in [0, 0.05) is 57.8 Å². The number of nitro groups is 1. The molecule has 0 aliphatic heterocycles. The Morgan fingerprint density at radius 3 is 1.83 bits per heavy atom. The zero-order chi connectivity index (χ0) is 35.4. The molecule has 15 heteroatoms. The van der Waals surface area contributed by atoms with Crippen molar-refractivity contribution in [1.29, 1.82) is 0 Å². The van der Waals surface area contributed by atoms with E-state index in [1.165, 1.54) is 12.1 Å². The Morgan fingerprint density at radius 2 is 1.27 bits per heavy atom. The maximum absolute atomic E-state index is 11.0. The topological polar surface area (TPSA) is 278 Å². The third-order valence-electron chi connectivity index (χ3n) is 7.80. The molecule has 15 nitrogen and oxygen atoms in total. The number of nitrogens with one attached hydrogen (secondary N) is 3. The minimum Gasteiger partial charge on any atom is -0.507 e. The van der Waals surface area contributed by atoms with Crippen molar-refractivity contribution < 1.29 is 40.0 Å². The third-order valence-corrected chi connectivity index (χ3v) is 7.80. The van der Waals surface area contributed by atoms with Crippen molar-refractivity contribution >= 4 is 50.3 Å². The number of carbonyl (C=O) groups is 2. The first-order valence-electron chi connectivity index (χ1n) is 14.6. The summed E-state index contributed by atoms with van der Waals surface area (Å²) in [5.74, 6) is -1.90. The summed E-state index contributed by atoms with van der Waals surface area (Å²) in [7, 11) is 0. The lowest BCUT2D eigenvalue weighted by Crippen LogP contribution is -2.32.